The topological polar surface area (TPSA) is 54.9 Å². The standard InChI is InChI=1S/C14H17N3OS/c1-10(2)6-7-13(18)17-14-16-12(9-19-14)11-5-3-4-8-15-11/h3-5,8-10H,6-7H2,1-2H3,(H,16,17,18). The molecule has 0 spiro atoms. The van der Waals surface area contributed by atoms with Crippen LogP contribution in [0.1, 0.15) is 26.7 Å². The van der Waals surface area contributed by atoms with Crippen LogP contribution in [0.15, 0.2) is 29.8 Å². The van der Waals surface area contributed by atoms with Crippen molar-refractivity contribution >= 4 is 22.4 Å². The van der Waals surface area contributed by atoms with Crippen LogP contribution in [0.5, 0.6) is 0 Å². The first kappa shape index (κ1) is 13.7. The zero-order valence-electron chi connectivity index (χ0n) is 11.1. The number of carbonyl (C=O) groups excluding carboxylic acids is 1. The highest BCUT2D eigenvalue weighted by Gasteiger charge is 2.09. The molecule has 100 valence electrons. The predicted molar refractivity (Wildman–Crippen MR) is 78.0 cm³/mol. The maximum Gasteiger partial charge on any atom is 0.226 e. The Kier molecular flexibility index (Phi) is 4.63. The maximum absolute atomic E-state index is 11.7. The number of carbonyl (C=O) groups is 1. The number of thiazole rings is 1. The van der Waals surface area contributed by atoms with Gasteiger partial charge in [-0.2, -0.15) is 0 Å². The van der Waals surface area contributed by atoms with Gasteiger partial charge in [0, 0.05) is 18.0 Å². The molecule has 1 amide bonds. The van der Waals surface area contributed by atoms with Gasteiger partial charge >= 0.3 is 0 Å². The summed E-state index contributed by atoms with van der Waals surface area (Å²) in [6.45, 7) is 4.21. The molecule has 1 N–H and O–H groups in total. The van der Waals surface area contributed by atoms with Gasteiger partial charge in [0.15, 0.2) is 5.13 Å². The highest BCUT2D eigenvalue weighted by Crippen LogP contribution is 2.23. The molecule has 0 aliphatic carbocycles. The SMILES string of the molecule is CC(C)CCC(=O)Nc1nc(-c2ccccn2)cs1. The van der Waals surface area contributed by atoms with E-state index >= 15 is 0 Å². The van der Waals surface area contributed by atoms with Crippen LogP contribution in [-0.2, 0) is 4.79 Å². The van der Waals surface area contributed by atoms with Crippen LogP contribution in [0.2, 0.25) is 0 Å². The van der Waals surface area contributed by atoms with Gasteiger partial charge in [0.1, 0.15) is 5.69 Å². The van der Waals surface area contributed by atoms with Crippen molar-refractivity contribution in [3.63, 3.8) is 0 Å². The van der Waals surface area contributed by atoms with Gasteiger partial charge in [0.05, 0.1) is 5.69 Å². The monoisotopic (exact) mass is 275 g/mol. The molecule has 5 heteroatoms. The van der Waals surface area contributed by atoms with Crippen LogP contribution < -0.4 is 5.32 Å². The molecule has 0 aromatic carbocycles. The molecule has 2 aromatic heterocycles. The van der Waals surface area contributed by atoms with Crippen molar-refractivity contribution in [1.29, 1.82) is 0 Å². The fourth-order valence-corrected chi connectivity index (χ4v) is 2.29. The summed E-state index contributed by atoms with van der Waals surface area (Å²) in [5.74, 6) is 0.557. The Bertz CT molecular complexity index is 537. The molecule has 2 aromatic rings. The van der Waals surface area contributed by atoms with Crippen molar-refractivity contribution in [2.75, 3.05) is 5.32 Å². The number of anilines is 1. The maximum atomic E-state index is 11.7. The smallest absolute Gasteiger partial charge is 0.226 e. The molecule has 0 unspecified atom stereocenters. The molecule has 2 heterocycles. The van der Waals surface area contributed by atoms with E-state index in [1.807, 2.05) is 23.6 Å². The van der Waals surface area contributed by atoms with E-state index in [0.717, 1.165) is 17.8 Å². The molecule has 2 rings (SSSR count). The third-order valence-electron chi connectivity index (χ3n) is 2.63. The summed E-state index contributed by atoms with van der Waals surface area (Å²) in [7, 11) is 0. The minimum absolute atomic E-state index is 0.0237. The van der Waals surface area contributed by atoms with Gasteiger partial charge in [-0.15, -0.1) is 11.3 Å². The second kappa shape index (κ2) is 6.43. The van der Waals surface area contributed by atoms with Gasteiger partial charge in [0.25, 0.3) is 0 Å². The van der Waals surface area contributed by atoms with Gasteiger partial charge in [-0.3, -0.25) is 9.78 Å². The zero-order chi connectivity index (χ0) is 13.7. The Labute approximate surface area is 116 Å². The van der Waals surface area contributed by atoms with Gasteiger partial charge in [0.2, 0.25) is 5.91 Å². The lowest BCUT2D eigenvalue weighted by molar-refractivity contribution is -0.116. The quantitative estimate of drug-likeness (QED) is 0.907. The first-order valence-electron chi connectivity index (χ1n) is 6.32. The van der Waals surface area contributed by atoms with Crippen LogP contribution in [0.25, 0.3) is 11.4 Å². The fraction of sp³-hybridized carbons (Fsp3) is 0.357. The molecule has 0 atom stereocenters. The van der Waals surface area contributed by atoms with Crippen LogP contribution >= 0.6 is 11.3 Å². The molecule has 0 saturated carbocycles. The molecule has 4 nitrogen and oxygen atoms in total. The van der Waals surface area contributed by atoms with Crippen molar-refractivity contribution in [3.05, 3.63) is 29.8 Å². The molecule has 0 bridgehead atoms. The number of nitrogens with zero attached hydrogens (tertiary/aromatic N) is 2. The lowest BCUT2D eigenvalue weighted by Gasteiger charge is -2.03. The highest BCUT2D eigenvalue weighted by molar-refractivity contribution is 7.14. The van der Waals surface area contributed by atoms with Gasteiger partial charge < -0.3 is 5.32 Å². The lowest BCUT2D eigenvalue weighted by atomic mass is 10.1. The summed E-state index contributed by atoms with van der Waals surface area (Å²) in [6.07, 6.45) is 3.16. The minimum Gasteiger partial charge on any atom is -0.302 e. The molecule has 0 fully saturated rings. The zero-order valence-corrected chi connectivity index (χ0v) is 11.9. The van der Waals surface area contributed by atoms with Gasteiger partial charge in [-0.1, -0.05) is 19.9 Å². The number of nitrogens with one attached hydrogen (secondary N) is 1. The average molecular weight is 275 g/mol. The van der Waals surface area contributed by atoms with E-state index in [-0.39, 0.29) is 5.91 Å². The van der Waals surface area contributed by atoms with E-state index in [0.29, 0.717) is 17.5 Å². The second-order valence-electron chi connectivity index (χ2n) is 4.73. The molecule has 0 aliphatic heterocycles. The molecular formula is C14H17N3OS. The number of pyridine rings is 1. The molecule has 19 heavy (non-hydrogen) atoms. The summed E-state index contributed by atoms with van der Waals surface area (Å²) < 4.78 is 0. The third-order valence-corrected chi connectivity index (χ3v) is 3.38. The molecule has 0 saturated heterocycles. The number of hydrogen-bond acceptors (Lipinski definition) is 4. The fourth-order valence-electron chi connectivity index (χ4n) is 1.56. The summed E-state index contributed by atoms with van der Waals surface area (Å²) >= 11 is 1.42. The number of amides is 1. The van der Waals surface area contributed by atoms with E-state index in [4.69, 9.17) is 0 Å². The van der Waals surface area contributed by atoms with Crippen LogP contribution in [-0.4, -0.2) is 15.9 Å². The van der Waals surface area contributed by atoms with Crippen molar-refractivity contribution in [3.8, 4) is 11.4 Å². The van der Waals surface area contributed by atoms with Crippen LogP contribution in [0.4, 0.5) is 5.13 Å². The number of rotatable bonds is 5. The average Bonchev–Trinajstić information content (AvgIpc) is 2.86. The molecule has 0 aliphatic rings. The second-order valence-corrected chi connectivity index (χ2v) is 5.59. The normalized spacial score (nSPS) is 10.7. The molecular weight excluding hydrogens is 258 g/mol. The Hall–Kier alpha value is -1.75. The number of aromatic nitrogens is 2. The van der Waals surface area contributed by atoms with Crippen molar-refractivity contribution in [2.45, 2.75) is 26.7 Å². The highest BCUT2D eigenvalue weighted by atomic mass is 32.1. The summed E-state index contributed by atoms with van der Waals surface area (Å²) in [5.41, 5.74) is 1.62. The van der Waals surface area contributed by atoms with Gasteiger partial charge in [-0.05, 0) is 24.5 Å². The van der Waals surface area contributed by atoms with Crippen LogP contribution in [0, 0.1) is 5.92 Å². The summed E-state index contributed by atoms with van der Waals surface area (Å²) in [5, 5.41) is 5.37. The van der Waals surface area contributed by atoms with Crippen molar-refractivity contribution < 1.29 is 4.79 Å². The molecule has 0 radical (unpaired) electrons. The summed E-state index contributed by atoms with van der Waals surface area (Å²) in [4.78, 5) is 20.3. The lowest BCUT2D eigenvalue weighted by Crippen LogP contribution is -2.11. The van der Waals surface area contributed by atoms with E-state index in [9.17, 15) is 4.79 Å². The third kappa shape index (κ3) is 4.13. The van der Waals surface area contributed by atoms with Crippen LogP contribution in [0.3, 0.4) is 0 Å². The first-order valence-corrected chi connectivity index (χ1v) is 7.20. The minimum atomic E-state index is 0.0237. The van der Waals surface area contributed by atoms with Crippen molar-refractivity contribution in [1.82, 2.24) is 9.97 Å². The van der Waals surface area contributed by atoms with Gasteiger partial charge in [-0.25, -0.2) is 4.98 Å². The summed E-state index contributed by atoms with van der Waals surface area (Å²) in [6, 6.07) is 5.69. The Morgan fingerprint density at radius 2 is 2.21 bits per heavy atom. The Balaban J connectivity index is 1.96. The number of hydrogen-bond donors (Lipinski definition) is 1. The Morgan fingerprint density at radius 1 is 1.37 bits per heavy atom. The Morgan fingerprint density at radius 3 is 2.89 bits per heavy atom. The van der Waals surface area contributed by atoms with E-state index in [1.165, 1.54) is 11.3 Å². The largest absolute Gasteiger partial charge is 0.302 e. The first-order chi connectivity index (χ1) is 9.15. The predicted octanol–water partition coefficient (Wildman–Crippen LogP) is 3.58. The van der Waals surface area contributed by atoms with Crippen molar-refractivity contribution in [2.24, 2.45) is 5.92 Å². The van der Waals surface area contributed by atoms with E-state index in [1.54, 1.807) is 6.20 Å². The van der Waals surface area contributed by atoms with E-state index in [2.05, 4.69) is 29.1 Å². The van der Waals surface area contributed by atoms with E-state index < -0.39 is 0 Å².